The van der Waals surface area contributed by atoms with Crippen LogP contribution in [-0.2, 0) is 0 Å². The zero-order chi connectivity index (χ0) is 20.1. The maximum atomic E-state index is 12.4. The van der Waals surface area contributed by atoms with Crippen LogP contribution in [0.2, 0.25) is 0 Å². The van der Waals surface area contributed by atoms with Crippen molar-refractivity contribution in [2.45, 2.75) is 64.5 Å². The summed E-state index contributed by atoms with van der Waals surface area (Å²) in [5, 5.41) is 20.0. The van der Waals surface area contributed by atoms with Gasteiger partial charge in [-0.3, -0.25) is 4.79 Å². The molecular formula is C21H27N5O2. The number of aryl methyl sites for hydroxylation is 1. The second-order valence-electron chi connectivity index (χ2n) is 7.51. The van der Waals surface area contributed by atoms with Gasteiger partial charge in [-0.05, 0) is 56.4 Å². The fourth-order valence-electron chi connectivity index (χ4n) is 3.26. The Hall–Kier alpha value is -3.01. The minimum Gasteiger partial charge on any atom is -0.490 e. The number of amides is 1. The first kappa shape index (κ1) is 19.7. The Morgan fingerprint density at radius 2 is 2.04 bits per heavy atom. The van der Waals surface area contributed by atoms with Crippen LogP contribution in [0.15, 0.2) is 24.4 Å². The number of hydrogen-bond donors (Lipinski definition) is 1. The van der Waals surface area contributed by atoms with Crippen molar-refractivity contribution >= 4 is 5.91 Å². The number of benzene rings is 1. The Kier molecular flexibility index (Phi) is 6.19. The average molecular weight is 381 g/mol. The third-order valence-electron chi connectivity index (χ3n) is 4.96. The van der Waals surface area contributed by atoms with Crippen LogP contribution in [0.1, 0.15) is 74.3 Å². The molecule has 7 nitrogen and oxygen atoms in total. The molecule has 1 N–H and O–H groups in total. The van der Waals surface area contributed by atoms with Crippen molar-refractivity contribution in [2.75, 3.05) is 0 Å². The van der Waals surface area contributed by atoms with Crippen LogP contribution in [0.3, 0.4) is 0 Å². The summed E-state index contributed by atoms with van der Waals surface area (Å²) >= 11 is 0. The maximum absolute atomic E-state index is 12.4. The van der Waals surface area contributed by atoms with E-state index in [9.17, 15) is 4.79 Å². The van der Waals surface area contributed by atoms with E-state index >= 15 is 0 Å². The van der Waals surface area contributed by atoms with Crippen molar-refractivity contribution in [3.63, 3.8) is 0 Å². The van der Waals surface area contributed by atoms with Gasteiger partial charge in [-0.15, -0.1) is 10.2 Å². The van der Waals surface area contributed by atoms with E-state index in [2.05, 4.69) is 26.6 Å². The Balaban J connectivity index is 0.00000300. The van der Waals surface area contributed by atoms with Gasteiger partial charge in [-0.2, -0.15) is 5.26 Å². The number of carbonyl (C=O) groups excluding carboxylic acids is 1. The highest BCUT2D eigenvalue weighted by Gasteiger charge is 2.24. The number of ether oxygens (including phenoxy) is 1. The molecule has 0 aliphatic heterocycles. The Morgan fingerprint density at radius 1 is 1.29 bits per heavy atom. The molecule has 1 amide bonds. The monoisotopic (exact) mass is 381 g/mol. The van der Waals surface area contributed by atoms with Crippen LogP contribution >= 0.6 is 0 Å². The largest absolute Gasteiger partial charge is 0.490 e. The summed E-state index contributed by atoms with van der Waals surface area (Å²) in [4.78, 5) is 16.5. The third kappa shape index (κ3) is 4.83. The lowest BCUT2D eigenvalue weighted by molar-refractivity contribution is 0.0887. The Bertz CT molecular complexity index is 872. The molecule has 1 fully saturated rings. The quantitative estimate of drug-likeness (QED) is 0.850. The molecule has 1 saturated carbocycles. The molecule has 148 valence electrons. The molecule has 1 aromatic carbocycles. The normalized spacial score (nSPS) is 19.1. The van der Waals surface area contributed by atoms with Crippen LogP contribution in [0, 0.1) is 18.3 Å². The van der Waals surface area contributed by atoms with Gasteiger partial charge in [0.15, 0.2) is 11.5 Å². The summed E-state index contributed by atoms with van der Waals surface area (Å²) in [6.45, 7) is 5.87. The first-order valence-electron chi connectivity index (χ1n) is 9.64. The summed E-state index contributed by atoms with van der Waals surface area (Å²) in [5.74, 6) is 1.37. The SMILES string of the molecule is Cc1cc(OC2CCC(NC(=O)c3cnc(C(C)C)nn3)CC2)ccc1C#N.[HH]. The smallest absolute Gasteiger partial charge is 0.273 e. The number of nitrogens with one attached hydrogen (secondary N) is 1. The molecule has 1 aliphatic carbocycles. The molecule has 7 heteroatoms. The van der Waals surface area contributed by atoms with Crippen molar-refractivity contribution in [3.8, 4) is 11.8 Å². The van der Waals surface area contributed by atoms with Gasteiger partial charge in [0.25, 0.3) is 5.91 Å². The van der Waals surface area contributed by atoms with E-state index in [4.69, 9.17) is 10.00 Å². The zero-order valence-corrected chi connectivity index (χ0v) is 16.5. The number of hydrogen-bond acceptors (Lipinski definition) is 6. The van der Waals surface area contributed by atoms with E-state index in [0.29, 0.717) is 11.4 Å². The van der Waals surface area contributed by atoms with E-state index in [-0.39, 0.29) is 31.1 Å². The number of aromatic nitrogens is 3. The van der Waals surface area contributed by atoms with Gasteiger partial charge in [-0.25, -0.2) is 4.98 Å². The lowest BCUT2D eigenvalue weighted by atomic mass is 9.92. The van der Waals surface area contributed by atoms with Gasteiger partial charge in [0.2, 0.25) is 0 Å². The van der Waals surface area contributed by atoms with Gasteiger partial charge >= 0.3 is 0 Å². The van der Waals surface area contributed by atoms with Crippen LogP contribution in [-0.4, -0.2) is 33.2 Å². The highest BCUT2D eigenvalue weighted by atomic mass is 16.5. The molecule has 0 spiro atoms. The van der Waals surface area contributed by atoms with Crippen molar-refractivity contribution in [2.24, 2.45) is 0 Å². The molecule has 1 heterocycles. The topological polar surface area (TPSA) is 101 Å². The number of nitrogens with zero attached hydrogens (tertiary/aromatic N) is 4. The number of rotatable bonds is 5. The average Bonchev–Trinajstić information content (AvgIpc) is 2.69. The molecular weight excluding hydrogens is 354 g/mol. The van der Waals surface area contributed by atoms with Crippen molar-refractivity contribution < 1.29 is 11.0 Å². The summed E-state index contributed by atoms with van der Waals surface area (Å²) in [6, 6.07) is 7.79. The summed E-state index contributed by atoms with van der Waals surface area (Å²) in [6.07, 6.45) is 5.01. The first-order valence-corrected chi connectivity index (χ1v) is 9.64. The fourth-order valence-corrected chi connectivity index (χ4v) is 3.26. The molecule has 1 aliphatic rings. The van der Waals surface area contributed by atoms with Gasteiger partial charge in [0, 0.05) is 13.4 Å². The fraction of sp³-hybridized carbons (Fsp3) is 0.476. The standard InChI is InChI=1S/C21H25N5O2.H2/c1-13(2)20-23-12-19(25-26-20)21(27)24-16-5-8-17(9-6-16)28-18-7-4-15(11-22)14(3)10-18;/h4,7,10,12-13,16-17H,5-6,8-9H2,1-3H3,(H,24,27);1H. The van der Waals surface area contributed by atoms with E-state index in [1.165, 1.54) is 6.20 Å². The molecule has 1 aromatic heterocycles. The van der Waals surface area contributed by atoms with Crippen LogP contribution in [0.25, 0.3) is 0 Å². The summed E-state index contributed by atoms with van der Waals surface area (Å²) < 4.78 is 6.05. The van der Waals surface area contributed by atoms with E-state index in [1.807, 2.05) is 32.9 Å². The molecule has 0 unspecified atom stereocenters. The van der Waals surface area contributed by atoms with Gasteiger partial charge in [0.05, 0.1) is 23.9 Å². The van der Waals surface area contributed by atoms with Crippen LogP contribution < -0.4 is 10.1 Å². The minimum absolute atomic E-state index is 0. The maximum Gasteiger partial charge on any atom is 0.273 e. The zero-order valence-electron chi connectivity index (χ0n) is 16.5. The molecule has 0 bridgehead atoms. The first-order chi connectivity index (χ1) is 13.5. The van der Waals surface area contributed by atoms with Gasteiger partial charge in [0.1, 0.15) is 5.75 Å². The molecule has 28 heavy (non-hydrogen) atoms. The van der Waals surface area contributed by atoms with Crippen LogP contribution in [0.5, 0.6) is 5.75 Å². The Labute approximate surface area is 166 Å². The summed E-state index contributed by atoms with van der Waals surface area (Å²) in [7, 11) is 0. The predicted molar refractivity (Wildman–Crippen MR) is 106 cm³/mol. The second kappa shape index (κ2) is 8.79. The third-order valence-corrected chi connectivity index (χ3v) is 4.96. The van der Waals surface area contributed by atoms with Gasteiger partial charge in [-0.1, -0.05) is 13.8 Å². The Morgan fingerprint density at radius 3 is 2.61 bits per heavy atom. The van der Waals surface area contributed by atoms with Crippen molar-refractivity contribution in [3.05, 3.63) is 47.0 Å². The lowest BCUT2D eigenvalue weighted by Crippen LogP contribution is -2.40. The second-order valence-corrected chi connectivity index (χ2v) is 7.51. The van der Waals surface area contributed by atoms with E-state index in [1.54, 1.807) is 6.07 Å². The van der Waals surface area contributed by atoms with E-state index in [0.717, 1.165) is 37.0 Å². The molecule has 3 rings (SSSR count). The van der Waals surface area contributed by atoms with Crippen molar-refractivity contribution in [1.82, 2.24) is 20.5 Å². The van der Waals surface area contributed by atoms with E-state index < -0.39 is 0 Å². The molecule has 0 saturated heterocycles. The molecule has 2 aromatic rings. The molecule has 0 atom stereocenters. The number of nitriles is 1. The summed E-state index contributed by atoms with van der Waals surface area (Å²) in [5.41, 5.74) is 1.83. The van der Waals surface area contributed by atoms with Crippen molar-refractivity contribution in [1.29, 1.82) is 5.26 Å². The predicted octanol–water partition coefficient (Wildman–Crippen LogP) is 3.54. The minimum atomic E-state index is -0.234. The molecule has 0 radical (unpaired) electrons. The highest BCUT2D eigenvalue weighted by molar-refractivity contribution is 5.91. The highest BCUT2D eigenvalue weighted by Crippen LogP contribution is 2.25. The number of carbonyl (C=O) groups is 1. The van der Waals surface area contributed by atoms with Gasteiger partial charge < -0.3 is 10.1 Å². The van der Waals surface area contributed by atoms with Crippen LogP contribution in [0.4, 0.5) is 0 Å². The lowest BCUT2D eigenvalue weighted by Gasteiger charge is -2.29.